The summed E-state index contributed by atoms with van der Waals surface area (Å²) in [4.78, 5) is 12.1. The molecule has 0 aromatic heterocycles. The largest absolute Gasteiger partial charge is 0.483 e. The number of amides is 1. The molecule has 4 rings (SSSR count). The molecule has 1 aliphatic carbocycles. The van der Waals surface area contributed by atoms with Crippen LogP contribution in [-0.2, 0) is 4.79 Å². The van der Waals surface area contributed by atoms with Gasteiger partial charge in [-0.2, -0.15) is 0 Å². The summed E-state index contributed by atoms with van der Waals surface area (Å²) in [6, 6.07) is 11.8. The molecule has 1 fully saturated rings. The molecule has 0 saturated heterocycles. The van der Waals surface area contributed by atoms with Crippen LogP contribution in [0.15, 0.2) is 49.1 Å². The number of carbonyl (C=O) groups is 1. The maximum Gasteiger partial charge on any atom is 0.228 e. The Labute approximate surface area is 158 Å². The maximum absolute atomic E-state index is 12.1. The SMILES string of the molecule is C=C[C@@H]1CC(=O)Nc2cccc(-c3ccc(NC)c(C(=N)C4CC4)c3)c2O1. The quantitative estimate of drug-likeness (QED) is 0.544. The summed E-state index contributed by atoms with van der Waals surface area (Å²) in [5, 5.41) is 14.6. The van der Waals surface area contributed by atoms with Crippen LogP contribution in [0.1, 0.15) is 24.8 Å². The molecule has 0 bridgehead atoms. The number of rotatable bonds is 5. The molecule has 2 aliphatic rings. The van der Waals surface area contributed by atoms with Gasteiger partial charge < -0.3 is 20.8 Å². The third-order valence-corrected chi connectivity index (χ3v) is 5.08. The van der Waals surface area contributed by atoms with Crippen LogP contribution in [-0.4, -0.2) is 24.8 Å². The summed E-state index contributed by atoms with van der Waals surface area (Å²) < 4.78 is 6.11. The van der Waals surface area contributed by atoms with Crippen molar-refractivity contribution in [1.29, 1.82) is 5.41 Å². The molecule has 2 aromatic carbocycles. The maximum atomic E-state index is 12.1. The molecule has 5 nitrogen and oxygen atoms in total. The molecule has 0 spiro atoms. The first-order chi connectivity index (χ1) is 13.1. The van der Waals surface area contributed by atoms with Gasteiger partial charge >= 0.3 is 0 Å². The van der Waals surface area contributed by atoms with Gasteiger partial charge in [-0.1, -0.05) is 30.9 Å². The van der Waals surface area contributed by atoms with Crippen molar-refractivity contribution in [3.63, 3.8) is 0 Å². The smallest absolute Gasteiger partial charge is 0.228 e. The molecule has 1 atom stereocenters. The first-order valence-corrected chi connectivity index (χ1v) is 9.23. The second-order valence-electron chi connectivity index (χ2n) is 7.02. The Hall–Kier alpha value is -3.08. The fourth-order valence-corrected chi connectivity index (χ4v) is 3.44. The highest BCUT2D eigenvalue weighted by Gasteiger charge is 2.29. The van der Waals surface area contributed by atoms with Crippen molar-refractivity contribution in [3.05, 3.63) is 54.6 Å². The minimum absolute atomic E-state index is 0.0856. The Kier molecular flexibility index (Phi) is 4.44. The highest BCUT2D eigenvalue weighted by Crippen LogP contribution is 2.41. The van der Waals surface area contributed by atoms with Crippen LogP contribution in [0.25, 0.3) is 11.1 Å². The highest BCUT2D eigenvalue weighted by atomic mass is 16.5. The Morgan fingerprint density at radius 3 is 2.85 bits per heavy atom. The zero-order chi connectivity index (χ0) is 19.0. The summed E-state index contributed by atoms with van der Waals surface area (Å²) in [6.07, 6.45) is 3.71. The van der Waals surface area contributed by atoms with Crippen molar-refractivity contribution in [3.8, 4) is 16.9 Å². The van der Waals surface area contributed by atoms with E-state index in [2.05, 4.69) is 17.2 Å². The van der Waals surface area contributed by atoms with Gasteiger partial charge in [-0.25, -0.2) is 0 Å². The van der Waals surface area contributed by atoms with E-state index in [1.54, 1.807) is 6.08 Å². The Morgan fingerprint density at radius 2 is 2.15 bits per heavy atom. The fourth-order valence-electron chi connectivity index (χ4n) is 3.44. The van der Waals surface area contributed by atoms with E-state index < -0.39 is 0 Å². The average molecular weight is 361 g/mol. The Bertz CT molecular complexity index is 931. The zero-order valence-corrected chi connectivity index (χ0v) is 15.3. The summed E-state index contributed by atoms with van der Waals surface area (Å²) in [5.41, 5.74) is 5.09. The predicted octanol–water partition coefficient (Wildman–Crippen LogP) is 4.45. The van der Waals surface area contributed by atoms with Crippen molar-refractivity contribution in [1.82, 2.24) is 0 Å². The first-order valence-electron chi connectivity index (χ1n) is 9.23. The lowest BCUT2D eigenvalue weighted by molar-refractivity contribution is -0.117. The number of nitrogens with one attached hydrogen (secondary N) is 3. The molecule has 5 heteroatoms. The van der Waals surface area contributed by atoms with E-state index in [0.717, 1.165) is 35.2 Å². The van der Waals surface area contributed by atoms with Gasteiger partial charge in [-0.3, -0.25) is 4.79 Å². The molecule has 138 valence electrons. The van der Waals surface area contributed by atoms with E-state index in [-0.39, 0.29) is 18.4 Å². The minimum atomic E-state index is -0.367. The number of para-hydroxylation sites is 1. The summed E-state index contributed by atoms with van der Waals surface area (Å²) in [7, 11) is 1.88. The van der Waals surface area contributed by atoms with Crippen molar-refractivity contribution < 1.29 is 9.53 Å². The van der Waals surface area contributed by atoms with Gasteiger partial charge in [-0.05, 0) is 36.6 Å². The number of hydrogen-bond donors (Lipinski definition) is 3. The first kappa shape index (κ1) is 17.3. The zero-order valence-electron chi connectivity index (χ0n) is 15.3. The highest BCUT2D eigenvalue weighted by molar-refractivity contribution is 6.07. The van der Waals surface area contributed by atoms with E-state index in [1.165, 1.54) is 0 Å². The van der Waals surface area contributed by atoms with E-state index in [0.29, 0.717) is 23.1 Å². The van der Waals surface area contributed by atoms with Gasteiger partial charge in [0.2, 0.25) is 5.91 Å². The second-order valence-corrected chi connectivity index (χ2v) is 7.02. The Morgan fingerprint density at radius 1 is 1.33 bits per heavy atom. The van der Waals surface area contributed by atoms with Crippen LogP contribution in [0.2, 0.25) is 0 Å². The molecule has 1 amide bonds. The Balaban J connectivity index is 1.81. The molecule has 0 radical (unpaired) electrons. The van der Waals surface area contributed by atoms with Crippen molar-refractivity contribution in [2.24, 2.45) is 5.92 Å². The van der Waals surface area contributed by atoms with Crippen molar-refractivity contribution in [2.75, 3.05) is 17.7 Å². The number of hydrogen-bond acceptors (Lipinski definition) is 4. The van der Waals surface area contributed by atoms with E-state index in [4.69, 9.17) is 10.1 Å². The number of carbonyl (C=O) groups excluding carboxylic acids is 1. The number of benzene rings is 2. The van der Waals surface area contributed by atoms with E-state index >= 15 is 0 Å². The molecule has 0 unspecified atom stereocenters. The van der Waals surface area contributed by atoms with Crippen LogP contribution >= 0.6 is 0 Å². The van der Waals surface area contributed by atoms with Crippen LogP contribution in [0.4, 0.5) is 11.4 Å². The predicted molar refractivity (Wildman–Crippen MR) is 109 cm³/mol. The van der Waals surface area contributed by atoms with Gasteiger partial charge in [0, 0.05) is 35.5 Å². The lowest BCUT2D eigenvalue weighted by Gasteiger charge is -2.18. The van der Waals surface area contributed by atoms with Crippen LogP contribution < -0.4 is 15.4 Å². The molecular weight excluding hydrogens is 338 g/mol. The van der Waals surface area contributed by atoms with E-state index in [9.17, 15) is 4.79 Å². The average Bonchev–Trinajstić information content (AvgIpc) is 3.53. The molecule has 1 heterocycles. The standard InChI is InChI=1S/C22H23N3O2/c1-3-15-12-20(26)25-19-6-4-5-16(22(19)27-15)14-9-10-18(24-2)17(11-14)21(23)13-7-8-13/h3-6,9-11,13,15,23-24H,1,7-8,12H2,2H3,(H,25,26)/t15-/m1/s1. The summed E-state index contributed by atoms with van der Waals surface area (Å²) >= 11 is 0. The molecule has 1 saturated carbocycles. The second kappa shape index (κ2) is 6.91. The van der Waals surface area contributed by atoms with Crippen LogP contribution in [0.5, 0.6) is 5.75 Å². The lowest BCUT2D eigenvalue weighted by atomic mass is 9.96. The molecule has 1 aliphatic heterocycles. The van der Waals surface area contributed by atoms with Gasteiger partial charge in [0.1, 0.15) is 6.10 Å². The third kappa shape index (κ3) is 3.33. The monoisotopic (exact) mass is 361 g/mol. The van der Waals surface area contributed by atoms with Gasteiger partial charge in [0.05, 0.1) is 12.1 Å². The molecule has 27 heavy (non-hydrogen) atoms. The molecular formula is C22H23N3O2. The normalized spacial score (nSPS) is 18.6. The summed E-state index contributed by atoms with van der Waals surface area (Å²) in [5.74, 6) is 0.924. The van der Waals surface area contributed by atoms with Crippen molar-refractivity contribution in [2.45, 2.75) is 25.4 Å². The summed E-state index contributed by atoms with van der Waals surface area (Å²) in [6.45, 7) is 3.78. The number of ether oxygens (including phenoxy) is 1. The lowest BCUT2D eigenvalue weighted by Crippen LogP contribution is -2.18. The third-order valence-electron chi connectivity index (χ3n) is 5.08. The number of fused-ring (bicyclic) bond motifs is 1. The number of anilines is 2. The van der Waals surface area contributed by atoms with Gasteiger partial charge in [-0.15, -0.1) is 0 Å². The fraction of sp³-hybridized carbons (Fsp3) is 0.273. The minimum Gasteiger partial charge on any atom is -0.483 e. The van der Waals surface area contributed by atoms with Gasteiger partial charge in [0.15, 0.2) is 5.75 Å². The van der Waals surface area contributed by atoms with Crippen LogP contribution in [0.3, 0.4) is 0 Å². The molecule has 3 N–H and O–H groups in total. The van der Waals surface area contributed by atoms with Gasteiger partial charge in [0.25, 0.3) is 0 Å². The van der Waals surface area contributed by atoms with Crippen LogP contribution in [0, 0.1) is 11.3 Å². The topological polar surface area (TPSA) is 74.2 Å². The molecule has 2 aromatic rings. The van der Waals surface area contributed by atoms with Crippen molar-refractivity contribution >= 4 is 23.0 Å². The van der Waals surface area contributed by atoms with E-state index in [1.807, 2.05) is 43.4 Å².